The van der Waals surface area contributed by atoms with Crippen LogP contribution in [-0.4, -0.2) is 0 Å². The third kappa shape index (κ3) is 7.83. The smallest absolute Gasteiger partial charge is 0.0112 e. The third-order valence-electron chi connectivity index (χ3n) is 3.26. The number of benzene rings is 1. The maximum atomic E-state index is 3.79. The molecule has 0 N–H and O–H groups in total. The highest BCUT2D eigenvalue weighted by molar-refractivity contribution is 5.78. The van der Waals surface area contributed by atoms with Gasteiger partial charge in [-0.15, -0.1) is 0 Å². The van der Waals surface area contributed by atoms with Gasteiger partial charge in [0.2, 0.25) is 0 Å². The van der Waals surface area contributed by atoms with Gasteiger partial charge >= 0.3 is 0 Å². The van der Waals surface area contributed by atoms with Gasteiger partial charge in [0.05, 0.1) is 0 Å². The molecular formula is C22H34. The van der Waals surface area contributed by atoms with Gasteiger partial charge in [-0.1, -0.05) is 111 Å². The summed E-state index contributed by atoms with van der Waals surface area (Å²) in [6, 6.07) is 4.02. The predicted molar refractivity (Wildman–Crippen MR) is 108 cm³/mol. The Balaban J connectivity index is 0. The molecule has 1 rings (SSSR count). The molecule has 0 radical (unpaired) electrons. The standard InChI is InChI=1S/C14H14.C6H14.C2H6/c1-5-11-9-10-12(6-2)14(8-4)13(11)7-3;1-5-6(2,3)4;1-2/h5-10H,1-4H2;5H2,1-4H3;1-2H3. The second kappa shape index (κ2) is 11.8. The van der Waals surface area contributed by atoms with E-state index in [0.29, 0.717) is 5.41 Å². The van der Waals surface area contributed by atoms with Gasteiger partial charge in [0, 0.05) is 0 Å². The summed E-state index contributed by atoms with van der Waals surface area (Å²) in [4.78, 5) is 0. The Morgan fingerprint density at radius 2 is 1.05 bits per heavy atom. The van der Waals surface area contributed by atoms with Crippen molar-refractivity contribution in [1.82, 2.24) is 0 Å². The molecular weight excluding hydrogens is 264 g/mol. The minimum Gasteiger partial charge on any atom is -0.0984 e. The first-order chi connectivity index (χ1) is 10.3. The first-order valence-corrected chi connectivity index (χ1v) is 8.01. The number of rotatable bonds is 4. The Bertz CT molecular complexity index is 442. The molecule has 0 amide bonds. The summed E-state index contributed by atoms with van der Waals surface area (Å²) < 4.78 is 0. The highest BCUT2D eigenvalue weighted by Gasteiger charge is 2.04. The van der Waals surface area contributed by atoms with Gasteiger partial charge in [0.15, 0.2) is 0 Å². The summed E-state index contributed by atoms with van der Waals surface area (Å²) in [7, 11) is 0. The molecule has 0 unspecified atom stereocenters. The van der Waals surface area contributed by atoms with E-state index in [1.807, 2.05) is 50.3 Å². The predicted octanol–water partition coefficient (Wildman–Crippen LogP) is 7.73. The summed E-state index contributed by atoms with van der Waals surface area (Å²) in [5.74, 6) is 0. The molecule has 122 valence electrons. The number of hydrogen-bond acceptors (Lipinski definition) is 0. The summed E-state index contributed by atoms with van der Waals surface area (Å²) >= 11 is 0. The summed E-state index contributed by atoms with van der Waals surface area (Å²) in [6.07, 6.45) is 8.54. The molecule has 0 aromatic heterocycles. The van der Waals surface area contributed by atoms with E-state index in [2.05, 4.69) is 54.0 Å². The monoisotopic (exact) mass is 298 g/mol. The van der Waals surface area contributed by atoms with Gasteiger partial charge in [0.1, 0.15) is 0 Å². The topological polar surface area (TPSA) is 0 Å². The first-order valence-electron chi connectivity index (χ1n) is 8.01. The van der Waals surface area contributed by atoms with Crippen LogP contribution in [0.15, 0.2) is 38.4 Å². The fourth-order valence-electron chi connectivity index (χ4n) is 1.48. The van der Waals surface area contributed by atoms with Gasteiger partial charge in [-0.2, -0.15) is 0 Å². The molecule has 0 saturated heterocycles. The molecule has 0 saturated carbocycles. The average Bonchev–Trinajstić information content (AvgIpc) is 2.54. The second-order valence-corrected chi connectivity index (χ2v) is 5.80. The molecule has 0 heteroatoms. The van der Waals surface area contributed by atoms with Crippen molar-refractivity contribution in [3.63, 3.8) is 0 Å². The van der Waals surface area contributed by atoms with Gasteiger partial charge in [-0.05, 0) is 27.7 Å². The Morgan fingerprint density at radius 1 is 0.773 bits per heavy atom. The molecule has 22 heavy (non-hydrogen) atoms. The van der Waals surface area contributed by atoms with Crippen LogP contribution in [0.3, 0.4) is 0 Å². The lowest BCUT2D eigenvalue weighted by Crippen LogP contribution is -2.00. The normalized spacial score (nSPS) is 9.36. The van der Waals surface area contributed by atoms with Crippen molar-refractivity contribution in [3.05, 3.63) is 60.7 Å². The quantitative estimate of drug-likeness (QED) is 0.533. The van der Waals surface area contributed by atoms with Crippen LogP contribution in [-0.2, 0) is 0 Å². The lowest BCUT2D eigenvalue weighted by Gasteiger charge is -2.12. The van der Waals surface area contributed by atoms with E-state index in [9.17, 15) is 0 Å². The molecule has 0 bridgehead atoms. The molecule has 0 aliphatic rings. The highest BCUT2D eigenvalue weighted by atomic mass is 14.1. The first kappa shape index (κ1) is 22.5. The van der Waals surface area contributed by atoms with Crippen molar-refractivity contribution in [2.45, 2.75) is 48.0 Å². The van der Waals surface area contributed by atoms with E-state index in [-0.39, 0.29) is 0 Å². The van der Waals surface area contributed by atoms with Crippen molar-refractivity contribution in [3.8, 4) is 0 Å². The van der Waals surface area contributed by atoms with Crippen LogP contribution >= 0.6 is 0 Å². The zero-order chi connectivity index (χ0) is 17.8. The lowest BCUT2D eigenvalue weighted by atomic mass is 9.94. The third-order valence-corrected chi connectivity index (χ3v) is 3.26. The summed E-state index contributed by atoms with van der Waals surface area (Å²) in [6.45, 7) is 28.0. The fraction of sp³-hybridized carbons (Fsp3) is 0.364. The van der Waals surface area contributed by atoms with Crippen LogP contribution in [0.4, 0.5) is 0 Å². The van der Waals surface area contributed by atoms with Crippen LogP contribution in [0.25, 0.3) is 24.3 Å². The molecule has 0 fully saturated rings. The van der Waals surface area contributed by atoms with Crippen LogP contribution in [0.5, 0.6) is 0 Å². The molecule has 0 aliphatic heterocycles. The molecule has 0 nitrogen and oxygen atoms in total. The van der Waals surface area contributed by atoms with E-state index in [4.69, 9.17) is 0 Å². The SMILES string of the molecule is C=Cc1ccc(C=C)c(C=C)c1C=C.CC.CCC(C)(C)C. The zero-order valence-corrected chi connectivity index (χ0v) is 15.5. The van der Waals surface area contributed by atoms with E-state index in [0.717, 1.165) is 22.3 Å². The molecule has 0 heterocycles. The lowest BCUT2D eigenvalue weighted by molar-refractivity contribution is 0.398. The van der Waals surface area contributed by atoms with Crippen molar-refractivity contribution >= 4 is 24.3 Å². The van der Waals surface area contributed by atoms with Crippen LogP contribution < -0.4 is 0 Å². The Kier molecular flexibility index (Phi) is 12.0. The minimum absolute atomic E-state index is 0.542. The minimum atomic E-state index is 0.542. The second-order valence-electron chi connectivity index (χ2n) is 5.80. The van der Waals surface area contributed by atoms with Crippen LogP contribution in [0.1, 0.15) is 70.2 Å². The Hall–Kier alpha value is -1.82. The van der Waals surface area contributed by atoms with Gasteiger partial charge in [-0.3, -0.25) is 0 Å². The Labute approximate surface area is 139 Å². The van der Waals surface area contributed by atoms with Gasteiger partial charge in [-0.25, -0.2) is 0 Å². The Morgan fingerprint density at radius 3 is 1.18 bits per heavy atom. The van der Waals surface area contributed by atoms with E-state index < -0.39 is 0 Å². The van der Waals surface area contributed by atoms with Crippen LogP contribution in [0, 0.1) is 5.41 Å². The largest absolute Gasteiger partial charge is 0.0984 e. The van der Waals surface area contributed by atoms with Gasteiger partial charge in [0.25, 0.3) is 0 Å². The molecule has 0 aliphatic carbocycles. The van der Waals surface area contributed by atoms with Gasteiger partial charge < -0.3 is 0 Å². The maximum Gasteiger partial charge on any atom is -0.0112 e. The molecule has 0 spiro atoms. The van der Waals surface area contributed by atoms with E-state index >= 15 is 0 Å². The summed E-state index contributed by atoms with van der Waals surface area (Å²) in [5, 5.41) is 0. The molecule has 0 atom stereocenters. The van der Waals surface area contributed by atoms with Crippen molar-refractivity contribution in [2.75, 3.05) is 0 Å². The van der Waals surface area contributed by atoms with Crippen molar-refractivity contribution < 1.29 is 0 Å². The molecule has 1 aromatic carbocycles. The maximum absolute atomic E-state index is 3.79. The van der Waals surface area contributed by atoms with Crippen LogP contribution in [0.2, 0.25) is 0 Å². The average molecular weight is 299 g/mol. The highest BCUT2D eigenvalue weighted by Crippen LogP contribution is 2.23. The fourth-order valence-corrected chi connectivity index (χ4v) is 1.48. The summed E-state index contributed by atoms with van der Waals surface area (Å²) in [5.41, 5.74) is 4.81. The van der Waals surface area contributed by atoms with Crippen molar-refractivity contribution in [1.29, 1.82) is 0 Å². The molecule has 1 aromatic rings. The number of hydrogen-bond donors (Lipinski definition) is 0. The van der Waals surface area contributed by atoms with E-state index in [1.165, 1.54) is 6.42 Å². The van der Waals surface area contributed by atoms with E-state index in [1.54, 1.807) is 0 Å². The van der Waals surface area contributed by atoms with Crippen molar-refractivity contribution in [2.24, 2.45) is 5.41 Å². The zero-order valence-electron chi connectivity index (χ0n) is 15.5.